The zero-order chi connectivity index (χ0) is 15.9. The molecule has 1 aliphatic rings. The van der Waals surface area contributed by atoms with Crippen LogP contribution in [-0.4, -0.2) is 56.9 Å². The van der Waals surface area contributed by atoms with Gasteiger partial charge in [-0.05, 0) is 37.1 Å². The molecule has 0 saturated carbocycles. The van der Waals surface area contributed by atoms with Crippen molar-refractivity contribution in [3.63, 3.8) is 0 Å². The Morgan fingerprint density at radius 3 is 3.09 bits per heavy atom. The summed E-state index contributed by atoms with van der Waals surface area (Å²) in [6.45, 7) is 5.15. The highest BCUT2D eigenvalue weighted by molar-refractivity contribution is 6.31. The summed E-state index contributed by atoms with van der Waals surface area (Å²) in [6.07, 6.45) is 0.990. The lowest BCUT2D eigenvalue weighted by Gasteiger charge is -2.32. The molecular weight excluding hydrogens is 304 g/mol. The second kappa shape index (κ2) is 8.48. The van der Waals surface area contributed by atoms with Gasteiger partial charge in [-0.15, -0.1) is 0 Å². The smallest absolute Gasteiger partial charge is 0.238 e. The molecule has 1 amide bonds. The lowest BCUT2D eigenvalue weighted by atomic mass is 10.2. The van der Waals surface area contributed by atoms with E-state index in [0.29, 0.717) is 24.8 Å². The summed E-state index contributed by atoms with van der Waals surface area (Å²) in [5.41, 5.74) is 1.72. The summed E-state index contributed by atoms with van der Waals surface area (Å²) in [5.74, 6) is -0.0193. The fraction of sp³-hybridized carbons (Fsp3) is 0.562. The molecule has 0 aromatic heterocycles. The normalized spacial score (nSPS) is 19.1. The molecular formula is C16H23ClN2O3. The molecule has 1 N–H and O–H groups in total. The molecule has 1 aliphatic heterocycles. The number of anilines is 1. The van der Waals surface area contributed by atoms with Gasteiger partial charge in [0.1, 0.15) is 0 Å². The summed E-state index contributed by atoms with van der Waals surface area (Å²) in [5, 5.41) is 3.61. The molecule has 1 heterocycles. The molecule has 0 spiro atoms. The number of aryl methyl sites for hydroxylation is 1. The average molecular weight is 327 g/mol. The van der Waals surface area contributed by atoms with Crippen molar-refractivity contribution in [3.8, 4) is 0 Å². The predicted molar refractivity (Wildman–Crippen MR) is 87.5 cm³/mol. The average Bonchev–Trinajstić information content (AvgIpc) is 2.49. The van der Waals surface area contributed by atoms with Gasteiger partial charge in [-0.2, -0.15) is 0 Å². The summed E-state index contributed by atoms with van der Waals surface area (Å²) in [4.78, 5) is 14.3. The lowest BCUT2D eigenvalue weighted by molar-refractivity contribution is -0.119. The van der Waals surface area contributed by atoms with Crippen LogP contribution in [0.4, 0.5) is 5.69 Å². The van der Waals surface area contributed by atoms with E-state index in [-0.39, 0.29) is 12.0 Å². The van der Waals surface area contributed by atoms with Gasteiger partial charge in [-0.3, -0.25) is 9.69 Å². The van der Waals surface area contributed by atoms with Gasteiger partial charge in [0.15, 0.2) is 0 Å². The zero-order valence-corrected chi connectivity index (χ0v) is 13.9. The van der Waals surface area contributed by atoms with Crippen LogP contribution in [0.3, 0.4) is 0 Å². The monoisotopic (exact) mass is 326 g/mol. The number of rotatable bonds is 6. The minimum absolute atomic E-state index is 0.0193. The van der Waals surface area contributed by atoms with E-state index in [9.17, 15) is 4.79 Å². The molecule has 0 aliphatic carbocycles. The number of amides is 1. The standard InChI is InChI=1S/C16H23ClN2O3/c1-12-9-13(3-4-15(12)17)18-16(20)11-19-6-8-22-14(10-19)5-7-21-2/h3-4,9,14H,5-8,10-11H2,1-2H3,(H,18,20)/t14-/m0/s1. The van der Waals surface area contributed by atoms with E-state index in [1.54, 1.807) is 13.2 Å². The van der Waals surface area contributed by atoms with Crippen LogP contribution in [0.25, 0.3) is 0 Å². The number of carbonyl (C=O) groups excluding carboxylic acids is 1. The second-order valence-corrected chi connectivity index (χ2v) is 5.93. The number of morpholine rings is 1. The highest BCUT2D eigenvalue weighted by atomic mass is 35.5. The third-order valence-corrected chi connectivity index (χ3v) is 4.10. The molecule has 6 heteroatoms. The Balaban J connectivity index is 1.82. The van der Waals surface area contributed by atoms with E-state index in [0.717, 1.165) is 30.8 Å². The van der Waals surface area contributed by atoms with Crippen LogP contribution in [0, 0.1) is 6.92 Å². The number of carbonyl (C=O) groups is 1. The topological polar surface area (TPSA) is 50.8 Å². The first-order valence-electron chi connectivity index (χ1n) is 7.47. The van der Waals surface area contributed by atoms with Crippen molar-refractivity contribution in [1.82, 2.24) is 4.90 Å². The minimum Gasteiger partial charge on any atom is -0.385 e. The number of nitrogens with zero attached hydrogens (tertiary/aromatic N) is 1. The van der Waals surface area contributed by atoms with Crippen molar-refractivity contribution in [1.29, 1.82) is 0 Å². The lowest BCUT2D eigenvalue weighted by Crippen LogP contribution is -2.46. The molecule has 22 heavy (non-hydrogen) atoms. The fourth-order valence-corrected chi connectivity index (χ4v) is 2.59. The van der Waals surface area contributed by atoms with Gasteiger partial charge in [-0.25, -0.2) is 0 Å². The Kier molecular flexibility index (Phi) is 6.64. The molecule has 1 saturated heterocycles. The summed E-state index contributed by atoms with van der Waals surface area (Å²) >= 11 is 5.99. The predicted octanol–water partition coefficient (Wildman–Crippen LogP) is 2.32. The van der Waals surface area contributed by atoms with Crippen LogP contribution in [-0.2, 0) is 14.3 Å². The van der Waals surface area contributed by atoms with E-state index in [2.05, 4.69) is 10.2 Å². The molecule has 2 rings (SSSR count). The minimum atomic E-state index is -0.0193. The van der Waals surface area contributed by atoms with Gasteiger partial charge in [0.05, 0.1) is 19.3 Å². The molecule has 122 valence electrons. The second-order valence-electron chi connectivity index (χ2n) is 5.52. The van der Waals surface area contributed by atoms with E-state index in [1.807, 2.05) is 19.1 Å². The van der Waals surface area contributed by atoms with Gasteiger partial charge in [-0.1, -0.05) is 11.6 Å². The first-order valence-corrected chi connectivity index (χ1v) is 7.85. The number of nitrogens with one attached hydrogen (secondary N) is 1. The number of halogens is 1. The Morgan fingerprint density at radius 2 is 2.36 bits per heavy atom. The third kappa shape index (κ3) is 5.25. The summed E-state index contributed by atoms with van der Waals surface area (Å²) < 4.78 is 10.7. The largest absolute Gasteiger partial charge is 0.385 e. The van der Waals surface area contributed by atoms with E-state index in [1.165, 1.54) is 0 Å². The molecule has 1 atom stereocenters. The van der Waals surface area contributed by atoms with Crippen molar-refractivity contribution >= 4 is 23.2 Å². The maximum atomic E-state index is 12.1. The van der Waals surface area contributed by atoms with Crippen LogP contribution in [0.5, 0.6) is 0 Å². The molecule has 1 fully saturated rings. The van der Waals surface area contributed by atoms with Crippen LogP contribution >= 0.6 is 11.6 Å². The summed E-state index contributed by atoms with van der Waals surface area (Å²) in [6, 6.07) is 5.48. The zero-order valence-electron chi connectivity index (χ0n) is 13.1. The fourth-order valence-electron chi connectivity index (χ4n) is 2.47. The molecule has 0 radical (unpaired) electrons. The first kappa shape index (κ1) is 17.2. The van der Waals surface area contributed by atoms with Crippen molar-refractivity contribution in [2.24, 2.45) is 0 Å². The van der Waals surface area contributed by atoms with Gasteiger partial charge in [0.2, 0.25) is 5.91 Å². The highest BCUT2D eigenvalue weighted by Crippen LogP contribution is 2.19. The Bertz CT molecular complexity index is 510. The van der Waals surface area contributed by atoms with Crippen LogP contribution in [0.2, 0.25) is 5.02 Å². The summed E-state index contributed by atoms with van der Waals surface area (Å²) in [7, 11) is 1.68. The Morgan fingerprint density at radius 1 is 1.55 bits per heavy atom. The van der Waals surface area contributed by atoms with Gasteiger partial charge in [0.25, 0.3) is 0 Å². The molecule has 0 bridgehead atoms. The molecule has 1 aromatic carbocycles. The molecule has 5 nitrogen and oxygen atoms in total. The maximum Gasteiger partial charge on any atom is 0.238 e. The third-order valence-electron chi connectivity index (χ3n) is 3.68. The number of methoxy groups -OCH3 is 1. The number of ether oxygens (including phenoxy) is 2. The first-order chi connectivity index (χ1) is 10.6. The van der Waals surface area contributed by atoms with Crippen LogP contribution in [0.15, 0.2) is 18.2 Å². The quantitative estimate of drug-likeness (QED) is 0.871. The SMILES string of the molecule is COCC[C@H]1CN(CC(=O)Nc2ccc(Cl)c(C)c2)CCO1. The Hall–Kier alpha value is -1.14. The van der Waals surface area contributed by atoms with Crippen molar-refractivity contribution in [2.45, 2.75) is 19.4 Å². The molecule has 0 unspecified atom stereocenters. The number of benzene rings is 1. The highest BCUT2D eigenvalue weighted by Gasteiger charge is 2.21. The Labute approximate surface area is 136 Å². The van der Waals surface area contributed by atoms with E-state index in [4.69, 9.17) is 21.1 Å². The van der Waals surface area contributed by atoms with Crippen molar-refractivity contribution in [2.75, 3.05) is 45.3 Å². The van der Waals surface area contributed by atoms with Crippen molar-refractivity contribution < 1.29 is 14.3 Å². The van der Waals surface area contributed by atoms with Gasteiger partial charge < -0.3 is 14.8 Å². The molecule has 1 aromatic rings. The van der Waals surface area contributed by atoms with Crippen LogP contribution in [0.1, 0.15) is 12.0 Å². The van der Waals surface area contributed by atoms with E-state index < -0.39 is 0 Å². The van der Waals surface area contributed by atoms with Crippen molar-refractivity contribution in [3.05, 3.63) is 28.8 Å². The van der Waals surface area contributed by atoms with Crippen LogP contribution < -0.4 is 5.32 Å². The van der Waals surface area contributed by atoms with Gasteiger partial charge >= 0.3 is 0 Å². The number of hydrogen-bond donors (Lipinski definition) is 1. The van der Waals surface area contributed by atoms with Gasteiger partial charge in [0, 0.05) is 37.5 Å². The van der Waals surface area contributed by atoms with E-state index >= 15 is 0 Å². The number of hydrogen-bond acceptors (Lipinski definition) is 4. The maximum absolute atomic E-state index is 12.1.